The highest BCUT2D eigenvalue weighted by Crippen LogP contribution is 2.16. The van der Waals surface area contributed by atoms with E-state index in [-0.39, 0.29) is 18.5 Å². The molecular formula is C13H17FN4O. The lowest BCUT2D eigenvalue weighted by molar-refractivity contribution is 0.268. The maximum absolute atomic E-state index is 13.6. The fourth-order valence-corrected chi connectivity index (χ4v) is 1.83. The largest absolute Gasteiger partial charge is 0.394 e. The molecule has 0 radical (unpaired) electrons. The highest BCUT2D eigenvalue weighted by molar-refractivity contribution is 5.20. The second kappa shape index (κ2) is 6.40. The monoisotopic (exact) mass is 264 g/mol. The molecule has 0 amide bonds. The molecule has 0 aliphatic carbocycles. The minimum Gasteiger partial charge on any atom is -0.394 e. The van der Waals surface area contributed by atoms with Gasteiger partial charge >= 0.3 is 0 Å². The fourth-order valence-electron chi connectivity index (χ4n) is 1.83. The van der Waals surface area contributed by atoms with Crippen molar-refractivity contribution in [3.05, 3.63) is 47.5 Å². The van der Waals surface area contributed by atoms with Crippen LogP contribution in [0.25, 0.3) is 0 Å². The van der Waals surface area contributed by atoms with Crippen molar-refractivity contribution >= 4 is 0 Å². The van der Waals surface area contributed by atoms with Crippen molar-refractivity contribution in [1.82, 2.24) is 20.3 Å². The average Bonchev–Trinajstić information content (AvgIpc) is 2.85. The van der Waals surface area contributed by atoms with E-state index < -0.39 is 0 Å². The minimum atomic E-state index is -0.216. The number of nitrogens with zero attached hydrogens (tertiary/aromatic N) is 3. The molecule has 1 atom stereocenters. The number of nitrogens with one attached hydrogen (secondary N) is 1. The van der Waals surface area contributed by atoms with Gasteiger partial charge in [-0.1, -0.05) is 23.4 Å². The molecule has 0 fully saturated rings. The van der Waals surface area contributed by atoms with Gasteiger partial charge in [0.25, 0.3) is 0 Å². The lowest BCUT2D eigenvalue weighted by Crippen LogP contribution is -2.19. The highest BCUT2D eigenvalue weighted by atomic mass is 19.1. The Hall–Kier alpha value is -1.79. The average molecular weight is 264 g/mol. The van der Waals surface area contributed by atoms with Crippen LogP contribution in [-0.4, -0.2) is 26.7 Å². The molecule has 102 valence electrons. The first kappa shape index (κ1) is 13.6. The Morgan fingerprint density at radius 2 is 2.21 bits per heavy atom. The molecule has 2 aromatic rings. The van der Waals surface area contributed by atoms with Gasteiger partial charge in [-0.05, 0) is 13.0 Å². The Morgan fingerprint density at radius 1 is 1.42 bits per heavy atom. The van der Waals surface area contributed by atoms with Crippen molar-refractivity contribution in [1.29, 1.82) is 0 Å². The molecule has 1 aromatic carbocycles. The summed E-state index contributed by atoms with van der Waals surface area (Å²) in [6.07, 6.45) is 1.76. The summed E-state index contributed by atoms with van der Waals surface area (Å²) in [5.41, 5.74) is 1.39. The quantitative estimate of drug-likeness (QED) is 0.824. The van der Waals surface area contributed by atoms with Gasteiger partial charge in [-0.15, -0.1) is 5.10 Å². The van der Waals surface area contributed by atoms with Crippen LogP contribution in [-0.2, 0) is 13.1 Å². The van der Waals surface area contributed by atoms with Crippen LogP contribution in [0.15, 0.2) is 30.5 Å². The first-order valence-electron chi connectivity index (χ1n) is 6.18. The fraction of sp³-hybridized carbons (Fsp3) is 0.385. The van der Waals surface area contributed by atoms with Crippen LogP contribution in [0, 0.1) is 5.82 Å². The van der Waals surface area contributed by atoms with Gasteiger partial charge < -0.3 is 10.4 Å². The van der Waals surface area contributed by atoms with E-state index in [1.807, 2.05) is 13.0 Å². The zero-order chi connectivity index (χ0) is 13.7. The molecule has 19 heavy (non-hydrogen) atoms. The molecule has 1 aromatic heterocycles. The van der Waals surface area contributed by atoms with Crippen LogP contribution < -0.4 is 5.32 Å². The summed E-state index contributed by atoms with van der Waals surface area (Å²) in [6, 6.07) is 6.59. The van der Waals surface area contributed by atoms with Crippen molar-refractivity contribution in [3.63, 3.8) is 0 Å². The number of aromatic nitrogens is 3. The van der Waals surface area contributed by atoms with Crippen molar-refractivity contribution in [2.45, 2.75) is 26.1 Å². The number of benzene rings is 1. The smallest absolute Gasteiger partial charge is 0.127 e. The van der Waals surface area contributed by atoms with E-state index in [4.69, 9.17) is 5.11 Å². The van der Waals surface area contributed by atoms with Crippen LogP contribution >= 0.6 is 0 Å². The van der Waals surface area contributed by atoms with E-state index in [0.29, 0.717) is 18.7 Å². The van der Waals surface area contributed by atoms with Crippen LogP contribution in [0.3, 0.4) is 0 Å². The maximum atomic E-state index is 13.6. The van der Waals surface area contributed by atoms with Crippen LogP contribution in [0.4, 0.5) is 4.39 Å². The predicted octanol–water partition coefficient (Wildman–Crippen LogP) is 1.26. The molecule has 0 bridgehead atoms. The third-order valence-electron chi connectivity index (χ3n) is 2.88. The molecule has 0 saturated heterocycles. The van der Waals surface area contributed by atoms with Crippen LogP contribution in [0.2, 0.25) is 0 Å². The topological polar surface area (TPSA) is 63.0 Å². The van der Waals surface area contributed by atoms with Gasteiger partial charge in [0.15, 0.2) is 0 Å². The minimum absolute atomic E-state index is 0.0296. The zero-order valence-corrected chi connectivity index (χ0v) is 10.8. The molecule has 0 aliphatic heterocycles. The number of hydrogen-bond acceptors (Lipinski definition) is 4. The second-order valence-electron chi connectivity index (χ2n) is 4.32. The summed E-state index contributed by atoms with van der Waals surface area (Å²) in [5.74, 6) is -0.216. The van der Waals surface area contributed by atoms with Gasteiger partial charge in [-0.3, -0.25) is 0 Å². The Kier molecular flexibility index (Phi) is 4.59. The molecule has 0 saturated carbocycles. The van der Waals surface area contributed by atoms with Gasteiger partial charge in [0.1, 0.15) is 5.82 Å². The predicted molar refractivity (Wildman–Crippen MR) is 68.8 cm³/mol. The molecule has 0 aliphatic rings. The molecule has 1 heterocycles. The van der Waals surface area contributed by atoms with E-state index in [1.165, 1.54) is 6.07 Å². The van der Waals surface area contributed by atoms with Crippen molar-refractivity contribution in [2.24, 2.45) is 0 Å². The van der Waals surface area contributed by atoms with Gasteiger partial charge in [0.2, 0.25) is 0 Å². The van der Waals surface area contributed by atoms with E-state index in [9.17, 15) is 4.39 Å². The number of aliphatic hydroxyl groups is 1. The Balaban J connectivity index is 1.92. The van der Waals surface area contributed by atoms with Gasteiger partial charge in [0.05, 0.1) is 18.8 Å². The number of aliphatic hydroxyl groups excluding tert-OH is 1. The molecule has 5 nitrogen and oxygen atoms in total. The number of hydrogen-bond donors (Lipinski definition) is 2. The summed E-state index contributed by atoms with van der Waals surface area (Å²) in [4.78, 5) is 0. The van der Waals surface area contributed by atoms with Crippen molar-refractivity contribution < 1.29 is 9.50 Å². The van der Waals surface area contributed by atoms with E-state index in [0.717, 1.165) is 5.69 Å². The van der Waals surface area contributed by atoms with E-state index >= 15 is 0 Å². The molecule has 6 heteroatoms. The standard InChI is InChI=1S/C13H17FN4O/c1-10(12-4-2-3-5-13(12)14)15-8-11-9-18(6-7-19)17-16-11/h2-5,9-10,15,19H,6-8H2,1H3/t10-/m1/s1. The summed E-state index contributed by atoms with van der Waals surface area (Å²) in [5, 5.41) is 19.8. The normalized spacial score (nSPS) is 12.6. The van der Waals surface area contributed by atoms with Crippen LogP contribution in [0.1, 0.15) is 24.2 Å². The van der Waals surface area contributed by atoms with Gasteiger partial charge in [0, 0.05) is 24.3 Å². The lowest BCUT2D eigenvalue weighted by atomic mass is 10.1. The Morgan fingerprint density at radius 3 is 2.95 bits per heavy atom. The van der Waals surface area contributed by atoms with E-state index in [2.05, 4.69) is 15.6 Å². The summed E-state index contributed by atoms with van der Waals surface area (Å²) in [7, 11) is 0. The van der Waals surface area contributed by atoms with E-state index in [1.54, 1.807) is 23.0 Å². The highest BCUT2D eigenvalue weighted by Gasteiger charge is 2.10. The summed E-state index contributed by atoms with van der Waals surface area (Å²) < 4.78 is 15.1. The molecular weight excluding hydrogens is 247 g/mol. The van der Waals surface area contributed by atoms with Crippen molar-refractivity contribution in [2.75, 3.05) is 6.61 Å². The molecule has 0 spiro atoms. The van der Waals surface area contributed by atoms with Crippen LogP contribution in [0.5, 0.6) is 0 Å². The molecule has 2 N–H and O–H groups in total. The van der Waals surface area contributed by atoms with Gasteiger partial charge in [-0.2, -0.15) is 0 Å². The second-order valence-corrected chi connectivity index (χ2v) is 4.32. The maximum Gasteiger partial charge on any atom is 0.127 e. The Bertz CT molecular complexity index is 529. The first-order valence-corrected chi connectivity index (χ1v) is 6.18. The van der Waals surface area contributed by atoms with Gasteiger partial charge in [-0.25, -0.2) is 9.07 Å². The summed E-state index contributed by atoms with van der Waals surface area (Å²) >= 11 is 0. The molecule has 2 rings (SSSR count). The number of halogens is 1. The lowest BCUT2D eigenvalue weighted by Gasteiger charge is -2.13. The Labute approximate surface area is 111 Å². The summed E-state index contributed by atoms with van der Waals surface area (Å²) in [6.45, 7) is 2.86. The molecule has 0 unspecified atom stereocenters. The SMILES string of the molecule is C[C@@H](NCc1cn(CCO)nn1)c1ccccc1F. The third-order valence-corrected chi connectivity index (χ3v) is 2.88. The van der Waals surface area contributed by atoms with Crippen molar-refractivity contribution in [3.8, 4) is 0 Å². The number of rotatable bonds is 6. The first-order chi connectivity index (χ1) is 9.20. The zero-order valence-electron chi connectivity index (χ0n) is 10.8. The third kappa shape index (κ3) is 3.59.